The van der Waals surface area contributed by atoms with Gasteiger partial charge in [-0.05, 0) is 43.7 Å². The van der Waals surface area contributed by atoms with Gasteiger partial charge in [0, 0.05) is 5.92 Å². The van der Waals surface area contributed by atoms with E-state index in [1.165, 1.54) is 44.9 Å². The quantitative estimate of drug-likeness (QED) is 0.866. The normalized spacial score (nSPS) is 22.3. The van der Waals surface area contributed by atoms with Crippen LogP contribution in [0.25, 0.3) is 11.0 Å². The fourth-order valence-electron chi connectivity index (χ4n) is 3.55. The first-order chi connectivity index (χ1) is 10.3. The summed E-state index contributed by atoms with van der Waals surface area (Å²) < 4.78 is 0. The van der Waals surface area contributed by atoms with Crippen LogP contribution in [0.3, 0.4) is 0 Å². The molecule has 1 aliphatic carbocycles. The number of nitrogens with zero attached hydrogens (tertiary/aromatic N) is 2. The van der Waals surface area contributed by atoms with E-state index < -0.39 is 0 Å². The molecule has 0 aliphatic heterocycles. The van der Waals surface area contributed by atoms with Gasteiger partial charge in [-0.15, -0.1) is 0 Å². The molecule has 110 valence electrons. The number of benzene rings is 1. The minimum absolute atomic E-state index is 0.543. The summed E-state index contributed by atoms with van der Waals surface area (Å²) in [5, 5.41) is 9.17. The first-order valence-corrected chi connectivity index (χ1v) is 8.20. The number of imidazole rings is 1. The fourth-order valence-corrected chi connectivity index (χ4v) is 3.55. The van der Waals surface area contributed by atoms with Gasteiger partial charge in [-0.2, -0.15) is 5.26 Å². The Balaban J connectivity index is 1.73. The molecule has 3 heteroatoms. The topological polar surface area (TPSA) is 52.5 Å². The molecule has 2 aromatic rings. The number of hydrogen-bond donors (Lipinski definition) is 1. The second-order valence-corrected chi connectivity index (χ2v) is 6.30. The largest absolute Gasteiger partial charge is 0.342 e. The highest BCUT2D eigenvalue weighted by atomic mass is 14.9. The summed E-state index contributed by atoms with van der Waals surface area (Å²) in [6.07, 6.45) is 9.18. The minimum Gasteiger partial charge on any atom is -0.342 e. The van der Waals surface area contributed by atoms with E-state index in [0.717, 1.165) is 22.8 Å². The summed E-state index contributed by atoms with van der Waals surface area (Å²) in [5.74, 6) is 2.55. The number of para-hydroxylation sites is 1. The molecule has 1 fully saturated rings. The van der Waals surface area contributed by atoms with E-state index in [0.29, 0.717) is 11.5 Å². The molecule has 0 saturated heterocycles. The molecule has 1 aliphatic rings. The van der Waals surface area contributed by atoms with Gasteiger partial charge in [0.05, 0.1) is 11.1 Å². The molecule has 1 aromatic heterocycles. The predicted molar refractivity (Wildman–Crippen MR) is 85.0 cm³/mol. The molecule has 1 saturated carbocycles. The summed E-state index contributed by atoms with van der Waals surface area (Å²) in [5.41, 5.74) is 2.51. The number of aromatic amines is 1. The first kappa shape index (κ1) is 14.1. The third kappa shape index (κ3) is 2.95. The van der Waals surface area contributed by atoms with Crippen LogP contribution >= 0.6 is 0 Å². The lowest BCUT2D eigenvalue weighted by Gasteiger charge is -2.27. The summed E-state index contributed by atoms with van der Waals surface area (Å²) in [4.78, 5) is 8.15. The van der Waals surface area contributed by atoms with Crippen molar-refractivity contribution in [3.8, 4) is 6.07 Å². The molecule has 0 atom stereocenters. The Kier molecular flexibility index (Phi) is 4.24. The number of unbranched alkanes of at least 4 members (excludes halogenated alkanes) is 1. The third-order valence-corrected chi connectivity index (χ3v) is 4.85. The molecular formula is C18H23N3. The van der Waals surface area contributed by atoms with Crippen molar-refractivity contribution >= 4 is 11.0 Å². The van der Waals surface area contributed by atoms with E-state index in [2.05, 4.69) is 18.0 Å². The van der Waals surface area contributed by atoms with Crippen molar-refractivity contribution in [3.63, 3.8) is 0 Å². The molecule has 0 radical (unpaired) electrons. The molecule has 0 spiro atoms. The maximum absolute atomic E-state index is 9.17. The fraction of sp³-hybridized carbons (Fsp3) is 0.556. The number of nitriles is 1. The van der Waals surface area contributed by atoms with E-state index in [4.69, 9.17) is 10.2 Å². The van der Waals surface area contributed by atoms with E-state index in [-0.39, 0.29) is 0 Å². The lowest BCUT2D eigenvalue weighted by molar-refractivity contribution is 0.299. The van der Waals surface area contributed by atoms with Crippen LogP contribution < -0.4 is 0 Å². The highest BCUT2D eigenvalue weighted by molar-refractivity contribution is 5.81. The van der Waals surface area contributed by atoms with Gasteiger partial charge < -0.3 is 4.98 Å². The Labute approximate surface area is 126 Å². The number of nitrogens with one attached hydrogen (secondary N) is 1. The summed E-state index contributed by atoms with van der Waals surface area (Å²) >= 11 is 0. The second kappa shape index (κ2) is 6.30. The van der Waals surface area contributed by atoms with Crippen LogP contribution in [-0.4, -0.2) is 9.97 Å². The number of rotatable bonds is 4. The first-order valence-electron chi connectivity index (χ1n) is 8.20. The monoisotopic (exact) mass is 281 g/mol. The van der Waals surface area contributed by atoms with Crippen molar-refractivity contribution in [3.05, 3.63) is 29.6 Å². The second-order valence-electron chi connectivity index (χ2n) is 6.30. The lowest BCUT2D eigenvalue weighted by Crippen LogP contribution is -2.14. The number of fused-ring (bicyclic) bond motifs is 1. The Hall–Kier alpha value is -1.82. The van der Waals surface area contributed by atoms with Crippen molar-refractivity contribution in [1.82, 2.24) is 9.97 Å². The van der Waals surface area contributed by atoms with Gasteiger partial charge >= 0.3 is 0 Å². The van der Waals surface area contributed by atoms with Gasteiger partial charge in [0.25, 0.3) is 0 Å². The van der Waals surface area contributed by atoms with Crippen molar-refractivity contribution in [2.75, 3.05) is 0 Å². The lowest BCUT2D eigenvalue weighted by atomic mass is 9.79. The number of aromatic nitrogens is 2. The average Bonchev–Trinajstić information content (AvgIpc) is 2.97. The van der Waals surface area contributed by atoms with Crippen LogP contribution in [0.2, 0.25) is 0 Å². The minimum atomic E-state index is 0.543. The van der Waals surface area contributed by atoms with Crippen molar-refractivity contribution in [1.29, 1.82) is 5.26 Å². The van der Waals surface area contributed by atoms with Crippen LogP contribution in [0.4, 0.5) is 0 Å². The smallest absolute Gasteiger partial charge is 0.110 e. The van der Waals surface area contributed by atoms with Gasteiger partial charge in [-0.3, -0.25) is 0 Å². The summed E-state index contributed by atoms with van der Waals surface area (Å²) in [7, 11) is 0. The molecule has 0 bridgehead atoms. The van der Waals surface area contributed by atoms with Gasteiger partial charge in [-0.25, -0.2) is 4.98 Å². The maximum Gasteiger partial charge on any atom is 0.110 e. The molecule has 0 amide bonds. The van der Waals surface area contributed by atoms with E-state index in [1.807, 2.05) is 18.2 Å². The zero-order valence-electron chi connectivity index (χ0n) is 12.7. The third-order valence-electron chi connectivity index (χ3n) is 4.85. The highest BCUT2D eigenvalue weighted by Crippen LogP contribution is 2.37. The Morgan fingerprint density at radius 1 is 1.29 bits per heavy atom. The molecule has 1 heterocycles. The summed E-state index contributed by atoms with van der Waals surface area (Å²) in [6.45, 7) is 2.27. The van der Waals surface area contributed by atoms with Crippen molar-refractivity contribution in [2.45, 2.75) is 57.8 Å². The maximum atomic E-state index is 9.17. The van der Waals surface area contributed by atoms with Gasteiger partial charge in [0.2, 0.25) is 0 Å². The number of H-pyrrole nitrogens is 1. The molecule has 1 N–H and O–H groups in total. The van der Waals surface area contributed by atoms with Crippen molar-refractivity contribution in [2.24, 2.45) is 5.92 Å². The van der Waals surface area contributed by atoms with Crippen LogP contribution in [-0.2, 0) is 0 Å². The molecular weight excluding hydrogens is 258 g/mol. The van der Waals surface area contributed by atoms with Crippen LogP contribution in [0, 0.1) is 17.2 Å². The standard InChI is InChI=1S/C18H23N3/c1-2-3-5-13-8-10-14(11-9-13)18-20-16-7-4-6-15(12-19)17(16)21-18/h4,6-7,13-14H,2-3,5,8-11H2,1H3,(H,20,21). The van der Waals surface area contributed by atoms with E-state index >= 15 is 0 Å². The SMILES string of the molecule is CCCCC1CCC(c2nc3c(C#N)cccc3[nH]2)CC1. The zero-order chi connectivity index (χ0) is 14.7. The van der Waals surface area contributed by atoms with Crippen LogP contribution in [0.1, 0.15) is 69.2 Å². The van der Waals surface area contributed by atoms with Crippen LogP contribution in [0.15, 0.2) is 18.2 Å². The Morgan fingerprint density at radius 3 is 2.81 bits per heavy atom. The predicted octanol–water partition coefficient (Wildman–Crippen LogP) is 4.90. The highest BCUT2D eigenvalue weighted by Gasteiger charge is 2.24. The van der Waals surface area contributed by atoms with E-state index in [1.54, 1.807) is 0 Å². The molecule has 3 rings (SSSR count). The Bertz CT molecular complexity index is 642. The van der Waals surface area contributed by atoms with Gasteiger partial charge in [0.15, 0.2) is 0 Å². The van der Waals surface area contributed by atoms with Crippen molar-refractivity contribution < 1.29 is 0 Å². The van der Waals surface area contributed by atoms with E-state index in [9.17, 15) is 0 Å². The molecule has 21 heavy (non-hydrogen) atoms. The average molecular weight is 281 g/mol. The van der Waals surface area contributed by atoms with Crippen LogP contribution in [0.5, 0.6) is 0 Å². The molecule has 1 aromatic carbocycles. The zero-order valence-corrected chi connectivity index (χ0v) is 12.7. The van der Waals surface area contributed by atoms with Gasteiger partial charge in [-0.1, -0.05) is 32.3 Å². The van der Waals surface area contributed by atoms with Gasteiger partial charge in [0.1, 0.15) is 17.4 Å². The molecule has 0 unspecified atom stereocenters. The molecule has 3 nitrogen and oxygen atoms in total. The summed E-state index contributed by atoms with van der Waals surface area (Å²) in [6, 6.07) is 8.01. The Morgan fingerprint density at radius 2 is 2.10 bits per heavy atom. The number of hydrogen-bond acceptors (Lipinski definition) is 2.